The van der Waals surface area contributed by atoms with Crippen LogP contribution in [0.2, 0.25) is 0 Å². The zero-order chi connectivity index (χ0) is 26.6. The van der Waals surface area contributed by atoms with E-state index < -0.39 is 0 Å². The first kappa shape index (κ1) is 26.0. The summed E-state index contributed by atoms with van der Waals surface area (Å²) >= 11 is 0. The van der Waals surface area contributed by atoms with Gasteiger partial charge in [-0.1, -0.05) is 23.4 Å². The van der Waals surface area contributed by atoms with Crippen molar-refractivity contribution in [2.75, 3.05) is 31.1 Å². The number of benzene rings is 1. The predicted molar refractivity (Wildman–Crippen MR) is 136 cm³/mol. The number of piperidine rings is 1. The van der Waals surface area contributed by atoms with Gasteiger partial charge in [-0.15, -0.1) is 0 Å². The van der Waals surface area contributed by atoms with E-state index in [1.54, 1.807) is 29.4 Å². The summed E-state index contributed by atoms with van der Waals surface area (Å²) < 4.78 is 30.8. The number of likely N-dealkylation sites (tertiary alicyclic amines) is 1. The molecule has 2 N–H and O–H groups in total. The quantitative estimate of drug-likeness (QED) is 0.490. The fourth-order valence-corrected chi connectivity index (χ4v) is 4.80. The third-order valence-corrected chi connectivity index (χ3v) is 6.80. The van der Waals surface area contributed by atoms with Crippen molar-refractivity contribution in [3.05, 3.63) is 53.9 Å². The monoisotopic (exact) mass is 525 g/mol. The molecule has 11 nitrogen and oxygen atoms in total. The number of aromatic nitrogens is 4. The molecule has 38 heavy (non-hydrogen) atoms. The summed E-state index contributed by atoms with van der Waals surface area (Å²) in [5, 5.41) is 4.02. The Morgan fingerprint density at radius 3 is 2.63 bits per heavy atom. The molecule has 2 saturated heterocycles. The Morgan fingerprint density at radius 2 is 1.92 bits per heavy atom. The van der Waals surface area contributed by atoms with E-state index in [4.69, 9.17) is 19.7 Å². The number of carbonyl (C=O) groups is 1. The van der Waals surface area contributed by atoms with E-state index in [-0.39, 0.29) is 42.7 Å². The lowest BCUT2D eigenvalue weighted by molar-refractivity contribution is -0.0147. The van der Waals surface area contributed by atoms with Crippen molar-refractivity contribution in [3.63, 3.8) is 0 Å². The van der Waals surface area contributed by atoms with Crippen molar-refractivity contribution >= 4 is 12.0 Å². The van der Waals surface area contributed by atoms with Gasteiger partial charge in [0.25, 0.3) is 5.89 Å². The van der Waals surface area contributed by atoms with Crippen LogP contribution in [0, 0.1) is 5.82 Å². The zero-order valence-electron chi connectivity index (χ0n) is 21.5. The molecule has 1 aromatic carbocycles. The van der Waals surface area contributed by atoms with E-state index in [9.17, 15) is 9.18 Å². The van der Waals surface area contributed by atoms with Crippen LogP contribution in [0.15, 0.2) is 41.2 Å². The number of carbonyl (C=O) groups excluding carboxylic acids is 1. The van der Waals surface area contributed by atoms with Crippen LogP contribution >= 0.6 is 0 Å². The second kappa shape index (κ2) is 11.4. The van der Waals surface area contributed by atoms with Gasteiger partial charge in [0.1, 0.15) is 12.4 Å². The molecule has 0 spiro atoms. The number of rotatable bonds is 7. The average Bonchev–Trinajstić information content (AvgIpc) is 3.55. The third kappa shape index (κ3) is 5.91. The Labute approximate surface area is 220 Å². The largest absolute Gasteiger partial charge is 0.447 e. The maximum absolute atomic E-state index is 14.3. The number of amides is 1. The maximum Gasteiger partial charge on any atom is 0.410 e. The van der Waals surface area contributed by atoms with Gasteiger partial charge in [0.15, 0.2) is 0 Å². The fourth-order valence-electron chi connectivity index (χ4n) is 4.80. The van der Waals surface area contributed by atoms with E-state index in [2.05, 4.69) is 20.1 Å². The smallest absolute Gasteiger partial charge is 0.410 e. The van der Waals surface area contributed by atoms with Crippen LogP contribution in [0.25, 0.3) is 11.4 Å². The number of hydrogen-bond acceptors (Lipinski definition) is 10. The minimum Gasteiger partial charge on any atom is -0.447 e. The average molecular weight is 526 g/mol. The van der Waals surface area contributed by atoms with Crippen molar-refractivity contribution in [1.29, 1.82) is 0 Å². The number of ether oxygens (including phenoxy) is 2. The Bertz CT molecular complexity index is 1230. The molecule has 2 atom stereocenters. The van der Waals surface area contributed by atoms with E-state index in [0.29, 0.717) is 67.8 Å². The molecule has 1 amide bonds. The van der Waals surface area contributed by atoms with Crippen LogP contribution in [-0.2, 0) is 16.1 Å². The predicted octanol–water partition coefficient (Wildman–Crippen LogP) is 3.12. The van der Waals surface area contributed by atoms with Crippen LogP contribution in [0.4, 0.5) is 15.1 Å². The third-order valence-electron chi connectivity index (χ3n) is 6.80. The van der Waals surface area contributed by atoms with E-state index in [1.807, 2.05) is 24.8 Å². The van der Waals surface area contributed by atoms with Gasteiger partial charge in [-0.3, -0.25) is 0 Å². The minimum atomic E-state index is -0.286. The van der Waals surface area contributed by atoms with Crippen molar-refractivity contribution in [2.45, 2.75) is 57.5 Å². The molecule has 0 saturated carbocycles. The van der Waals surface area contributed by atoms with Crippen LogP contribution < -0.4 is 10.6 Å². The number of nitrogens with zero attached hydrogens (tertiary/aromatic N) is 6. The highest BCUT2D eigenvalue weighted by Gasteiger charge is 2.34. The van der Waals surface area contributed by atoms with Crippen LogP contribution in [0.1, 0.15) is 44.1 Å². The van der Waals surface area contributed by atoms with Crippen LogP contribution in [0.5, 0.6) is 0 Å². The molecule has 202 valence electrons. The van der Waals surface area contributed by atoms with E-state index in [0.717, 1.165) is 0 Å². The summed E-state index contributed by atoms with van der Waals surface area (Å²) in [6, 6.07) is 6.49. The lowest BCUT2D eigenvalue weighted by atomic mass is 9.94. The highest BCUT2D eigenvalue weighted by Crippen LogP contribution is 2.30. The van der Waals surface area contributed by atoms with Gasteiger partial charge in [0.05, 0.1) is 17.8 Å². The summed E-state index contributed by atoms with van der Waals surface area (Å²) in [4.78, 5) is 29.0. The minimum absolute atomic E-state index is 0.00362. The number of anilines is 1. The zero-order valence-corrected chi connectivity index (χ0v) is 21.5. The molecule has 2 unspecified atom stereocenters. The Hall–Kier alpha value is -3.64. The number of hydrogen-bond donors (Lipinski definition) is 1. The SMILES string of the molecule is CC(C)OC(=O)N1CCC(OCc2nc(-c3cnc(N4CC(N)C(c5ccccc5F)C4)nc3)no2)CC1. The highest BCUT2D eigenvalue weighted by atomic mass is 19.1. The molecule has 0 radical (unpaired) electrons. The normalized spacial score (nSPS) is 20.3. The van der Waals surface area contributed by atoms with Crippen molar-refractivity contribution in [1.82, 2.24) is 25.0 Å². The van der Waals surface area contributed by atoms with Gasteiger partial charge in [-0.05, 0) is 38.3 Å². The van der Waals surface area contributed by atoms with Crippen molar-refractivity contribution in [2.24, 2.45) is 5.73 Å². The summed E-state index contributed by atoms with van der Waals surface area (Å²) in [6.07, 6.45) is 4.25. The molecular formula is C26H32FN7O4. The highest BCUT2D eigenvalue weighted by molar-refractivity contribution is 5.67. The molecule has 0 aliphatic carbocycles. The van der Waals surface area contributed by atoms with Gasteiger partial charge in [-0.2, -0.15) is 4.98 Å². The van der Waals surface area contributed by atoms with Crippen LogP contribution in [-0.4, -0.2) is 75.5 Å². The molecule has 2 aliphatic heterocycles. The van der Waals surface area contributed by atoms with Gasteiger partial charge in [-0.25, -0.2) is 19.2 Å². The molecule has 3 aromatic rings. The number of nitrogens with two attached hydrogens (primary N) is 1. The Balaban J connectivity index is 1.13. The van der Waals surface area contributed by atoms with E-state index in [1.165, 1.54) is 6.07 Å². The van der Waals surface area contributed by atoms with E-state index >= 15 is 0 Å². The first-order chi connectivity index (χ1) is 18.4. The fraction of sp³-hybridized carbons (Fsp3) is 0.500. The van der Waals surface area contributed by atoms with Crippen LogP contribution in [0.3, 0.4) is 0 Å². The summed E-state index contributed by atoms with van der Waals surface area (Å²) in [5.41, 5.74) is 7.54. The molecular weight excluding hydrogens is 493 g/mol. The topological polar surface area (TPSA) is 133 Å². The summed E-state index contributed by atoms with van der Waals surface area (Å²) in [6.45, 7) is 6.07. The Morgan fingerprint density at radius 1 is 1.18 bits per heavy atom. The van der Waals surface area contributed by atoms with Gasteiger partial charge >= 0.3 is 6.09 Å². The molecule has 5 rings (SSSR count). The number of halogens is 1. The molecule has 0 bridgehead atoms. The first-order valence-corrected chi connectivity index (χ1v) is 12.8. The molecule has 2 fully saturated rings. The van der Waals surface area contributed by atoms with Gasteiger partial charge in [0.2, 0.25) is 11.8 Å². The maximum atomic E-state index is 14.3. The molecule has 12 heteroatoms. The summed E-state index contributed by atoms with van der Waals surface area (Å²) in [5.74, 6) is 0.839. The second-order valence-electron chi connectivity index (χ2n) is 9.91. The lowest BCUT2D eigenvalue weighted by Gasteiger charge is -2.31. The van der Waals surface area contributed by atoms with Crippen molar-refractivity contribution in [3.8, 4) is 11.4 Å². The lowest BCUT2D eigenvalue weighted by Crippen LogP contribution is -2.41. The summed E-state index contributed by atoms with van der Waals surface area (Å²) in [7, 11) is 0. The molecule has 4 heterocycles. The van der Waals surface area contributed by atoms with Crippen molar-refractivity contribution < 1.29 is 23.2 Å². The molecule has 2 aliphatic rings. The standard InChI is InChI=1S/C26H32FN7O4/c1-16(2)37-26(35)33-9-7-18(8-10-33)36-15-23-31-24(32-38-23)17-11-29-25(30-12-17)34-13-20(22(28)14-34)19-5-3-4-6-21(19)27/h3-6,11-12,16,18,20,22H,7-10,13-15,28H2,1-2H3. The first-order valence-electron chi connectivity index (χ1n) is 12.8. The molecule has 2 aromatic heterocycles. The van der Waals surface area contributed by atoms with Gasteiger partial charge < -0.3 is 29.5 Å². The Kier molecular flexibility index (Phi) is 7.79. The second-order valence-corrected chi connectivity index (χ2v) is 9.91. The van der Waals surface area contributed by atoms with Gasteiger partial charge in [0, 0.05) is 50.5 Å².